The fourth-order valence-electron chi connectivity index (χ4n) is 2.19. The summed E-state index contributed by atoms with van der Waals surface area (Å²) in [4.78, 5) is 25.4. The van der Waals surface area contributed by atoms with E-state index in [9.17, 15) is 9.59 Å². The second-order valence-corrected chi connectivity index (χ2v) is 5.12. The van der Waals surface area contributed by atoms with Gasteiger partial charge in [-0.15, -0.1) is 0 Å². The van der Waals surface area contributed by atoms with E-state index in [-0.39, 0.29) is 11.8 Å². The van der Waals surface area contributed by atoms with Gasteiger partial charge >= 0.3 is 0 Å². The Morgan fingerprint density at radius 3 is 2.24 bits per heavy atom. The molecular formula is C16H25N3O2. The van der Waals surface area contributed by atoms with Crippen molar-refractivity contribution in [3.8, 4) is 0 Å². The molecule has 5 heteroatoms. The molecule has 1 rings (SSSR count). The summed E-state index contributed by atoms with van der Waals surface area (Å²) >= 11 is 0. The fourth-order valence-corrected chi connectivity index (χ4v) is 2.19. The minimum absolute atomic E-state index is 0.0372. The maximum absolute atomic E-state index is 12.1. The van der Waals surface area contributed by atoms with E-state index in [4.69, 9.17) is 0 Å². The molecule has 5 nitrogen and oxygen atoms in total. The van der Waals surface area contributed by atoms with Crippen LogP contribution in [0.25, 0.3) is 0 Å². The lowest BCUT2D eigenvalue weighted by molar-refractivity contribution is -0.117. The number of nitrogens with one attached hydrogen (secondary N) is 2. The third-order valence-electron chi connectivity index (χ3n) is 3.51. The van der Waals surface area contributed by atoms with Crippen molar-refractivity contribution < 1.29 is 9.59 Å². The Hall–Kier alpha value is -1.88. The van der Waals surface area contributed by atoms with E-state index in [0.717, 1.165) is 35.6 Å². The van der Waals surface area contributed by atoms with Gasteiger partial charge in [0.15, 0.2) is 0 Å². The van der Waals surface area contributed by atoms with Crippen LogP contribution in [-0.2, 0) is 9.59 Å². The molecule has 0 heterocycles. The third-order valence-corrected chi connectivity index (χ3v) is 3.51. The lowest BCUT2D eigenvalue weighted by Gasteiger charge is -2.19. The van der Waals surface area contributed by atoms with Crippen molar-refractivity contribution in [2.45, 2.75) is 34.6 Å². The summed E-state index contributed by atoms with van der Waals surface area (Å²) < 4.78 is 0. The average molecular weight is 291 g/mol. The number of carbonyl (C=O) groups is 2. The van der Waals surface area contributed by atoms with Crippen LogP contribution in [0.4, 0.5) is 11.4 Å². The predicted octanol–water partition coefficient (Wildman–Crippen LogP) is 2.54. The summed E-state index contributed by atoms with van der Waals surface area (Å²) in [7, 11) is 0. The molecular weight excluding hydrogens is 266 g/mol. The van der Waals surface area contributed by atoms with Crippen LogP contribution in [-0.4, -0.2) is 36.3 Å². The highest BCUT2D eigenvalue weighted by Gasteiger charge is 2.13. The number of aryl methyl sites for hydroxylation is 1. The highest BCUT2D eigenvalue weighted by Crippen LogP contribution is 2.27. The summed E-state index contributed by atoms with van der Waals surface area (Å²) in [6.45, 7) is 11.4. The van der Waals surface area contributed by atoms with Crippen LogP contribution >= 0.6 is 0 Å². The number of anilines is 2. The normalized spacial score (nSPS) is 10.6. The van der Waals surface area contributed by atoms with E-state index < -0.39 is 0 Å². The molecule has 0 radical (unpaired) electrons. The van der Waals surface area contributed by atoms with Crippen LogP contribution in [0, 0.1) is 13.8 Å². The molecule has 0 atom stereocenters. The maximum Gasteiger partial charge on any atom is 0.238 e. The second kappa shape index (κ2) is 7.78. The van der Waals surface area contributed by atoms with Gasteiger partial charge in [0.05, 0.1) is 6.54 Å². The Labute approximate surface area is 126 Å². The van der Waals surface area contributed by atoms with Crippen LogP contribution in [0.3, 0.4) is 0 Å². The van der Waals surface area contributed by atoms with Gasteiger partial charge in [-0.3, -0.25) is 14.5 Å². The van der Waals surface area contributed by atoms with Crippen LogP contribution < -0.4 is 10.6 Å². The van der Waals surface area contributed by atoms with Crippen molar-refractivity contribution in [3.63, 3.8) is 0 Å². The van der Waals surface area contributed by atoms with E-state index in [2.05, 4.69) is 15.5 Å². The molecule has 1 aromatic rings. The SMILES string of the molecule is CCN(CC)CC(=O)Nc1c(C)ccc(NC(C)=O)c1C. The van der Waals surface area contributed by atoms with Crippen LogP contribution in [0.2, 0.25) is 0 Å². The molecule has 2 amide bonds. The van der Waals surface area contributed by atoms with Gasteiger partial charge in [0.1, 0.15) is 0 Å². The van der Waals surface area contributed by atoms with Gasteiger partial charge in [0.2, 0.25) is 11.8 Å². The van der Waals surface area contributed by atoms with E-state index in [1.165, 1.54) is 6.92 Å². The molecule has 0 fully saturated rings. The third kappa shape index (κ3) is 4.86. The first-order valence-corrected chi connectivity index (χ1v) is 7.29. The van der Waals surface area contributed by atoms with Crippen molar-refractivity contribution in [3.05, 3.63) is 23.3 Å². The van der Waals surface area contributed by atoms with Gasteiger partial charge in [-0.05, 0) is 44.1 Å². The molecule has 0 saturated heterocycles. The molecule has 0 unspecified atom stereocenters. The van der Waals surface area contributed by atoms with Gasteiger partial charge < -0.3 is 10.6 Å². The molecule has 0 aliphatic heterocycles. The van der Waals surface area contributed by atoms with Crippen molar-refractivity contribution in [2.75, 3.05) is 30.3 Å². The first-order chi connectivity index (χ1) is 9.88. The smallest absolute Gasteiger partial charge is 0.238 e. The molecule has 0 saturated carbocycles. The standard InChI is InChI=1S/C16H25N3O2/c1-6-19(7-2)10-15(21)18-16-11(3)8-9-14(12(16)4)17-13(5)20/h8-9H,6-7,10H2,1-5H3,(H,17,20)(H,18,21). The first kappa shape index (κ1) is 17.2. The first-order valence-electron chi connectivity index (χ1n) is 7.29. The number of hydrogen-bond donors (Lipinski definition) is 2. The van der Waals surface area contributed by atoms with Gasteiger partial charge in [-0.25, -0.2) is 0 Å². The second-order valence-electron chi connectivity index (χ2n) is 5.12. The predicted molar refractivity (Wildman–Crippen MR) is 86.6 cm³/mol. The van der Waals surface area contributed by atoms with E-state index in [1.807, 2.05) is 39.8 Å². The Balaban J connectivity index is 2.91. The number of carbonyl (C=O) groups excluding carboxylic acids is 2. The maximum atomic E-state index is 12.1. The minimum atomic E-state index is -0.123. The molecule has 116 valence electrons. The van der Waals surface area contributed by atoms with E-state index >= 15 is 0 Å². The quantitative estimate of drug-likeness (QED) is 0.846. The molecule has 0 bridgehead atoms. The van der Waals surface area contributed by atoms with Crippen LogP contribution in [0.1, 0.15) is 31.9 Å². The highest BCUT2D eigenvalue weighted by molar-refractivity contribution is 5.96. The Kier molecular flexibility index (Phi) is 6.37. The van der Waals surface area contributed by atoms with E-state index in [1.54, 1.807) is 0 Å². The van der Waals surface area contributed by atoms with Gasteiger partial charge in [-0.1, -0.05) is 19.9 Å². The number of rotatable bonds is 6. The van der Waals surface area contributed by atoms with Crippen LogP contribution in [0.15, 0.2) is 12.1 Å². The summed E-state index contributed by atoms with van der Waals surface area (Å²) in [5.41, 5.74) is 3.36. The van der Waals surface area contributed by atoms with Gasteiger partial charge in [0, 0.05) is 18.3 Å². The Morgan fingerprint density at radius 2 is 1.71 bits per heavy atom. The molecule has 0 aliphatic carbocycles. The van der Waals surface area contributed by atoms with Crippen molar-refractivity contribution in [1.82, 2.24) is 4.90 Å². The van der Waals surface area contributed by atoms with Crippen LogP contribution in [0.5, 0.6) is 0 Å². The summed E-state index contributed by atoms with van der Waals surface area (Å²) in [6.07, 6.45) is 0. The number of hydrogen-bond acceptors (Lipinski definition) is 3. The number of likely N-dealkylation sites (N-methyl/N-ethyl adjacent to an activating group) is 1. The zero-order valence-electron chi connectivity index (χ0n) is 13.5. The average Bonchev–Trinajstić information content (AvgIpc) is 2.43. The lowest BCUT2D eigenvalue weighted by atomic mass is 10.1. The van der Waals surface area contributed by atoms with Gasteiger partial charge in [0.25, 0.3) is 0 Å². The summed E-state index contributed by atoms with van der Waals surface area (Å²) in [5.74, 6) is -0.160. The fraction of sp³-hybridized carbons (Fsp3) is 0.500. The zero-order valence-corrected chi connectivity index (χ0v) is 13.5. The number of nitrogens with zero attached hydrogens (tertiary/aromatic N) is 1. The topological polar surface area (TPSA) is 61.4 Å². The van der Waals surface area contributed by atoms with E-state index in [0.29, 0.717) is 6.54 Å². The highest BCUT2D eigenvalue weighted by atomic mass is 16.2. The molecule has 21 heavy (non-hydrogen) atoms. The van der Waals surface area contributed by atoms with Crippen molar-refractivity contribution in [1.29, 1.82) is 0 Å². The zero-order chi connectivity index (χ0) is 16.0. The number of benzene rings is 1. The largest absolute Gasteiger partial charge is 0.326 e. The molecule has 0 aliphatic rings. The number of amides is 2. The van der Waals surface area contributed by atoms with Gasteiger partial charge in [-0.2, -0.15) is 0 Å². The lowest BCUT2D eigenvalue weighted by Crippen LogP contribution is -2.33. The molecule has 1 aromatic carbocycles. The van der Waals surface area contributed by atoms with Crippen molar-refractivity contribution >= 4 is 23.2 Å². The molecule has 2 N–H and O–H groups in total. The summed E-state index contributed by atoms with van der Waals surface area (Å²) in [5, 5.41) is 5.74. The Morgan fingerprint density at radius 1 is 1.10 bits per heavy atom. The monoisotopic (exact) mass is 291 g/mol. The molecule has 0 spiro atoms. The summed E-state index contributed by atoms with van der Waals surface area (Å²) in [6, 6.07) is 3.75. The Bertz CT molecular complexity index is 522. The van der Waals surface area contributed by atoms with Crippen molar-refractivity contribution in [2.24, 2.45) is 0 Å². The minimum Gasteiger partial charge on any atom is -0.326 e. The molecule has 0 aromatic heterocycles.